The molecule has 0 saturated carbocycles. The summed E-state index contributed by atoms with van der Waals surface area (Å²) in [5.74, 6) is -0.260. The van der Waals surface area contributed by atoms with Crippen LogP contribution in [0.5, 0.6) is 0 Å². The molecule has 6 nitrogen and oxygen atoms in total. The Morgan fingerprint density at radius 3 is 2.54 bits per heavy atom. The van der Waals surface area contributed by atoms with Crippen LogP contribution in [-0.2, 0) is 11.3 Å². The first-order valence-corrected chi connectivity index (χ1v) is 9.36. The molecule has 2 amide bonds. The van der Waals surface area contributed by atoms with Crippen molar-refractivity contribution in [2.45, 2.75) is 25.9 Å². The van der Waals surface area contributed by atoms with Crippen LogP contribution in [0.1, 0.15) is 28.0 Å². The minimum absolute atomic E-state index is 0.0269. The second kappa shape index (κ2) is 7.68. The monoisotopic (exact) mass is 374 g/mol. The number of carbonyl (C=O) groups excluding carboxylic acids is 2. The molecule has 0 unspecified atom stereocenters. The molecule has 6 heteroatoms. The van der Waals surface area contributed by atoms with Crippen molar-refractivity contribution in [2.75, 3.05) is 6.54 Å². The van der Waals surface area contributed by atoms with Crippen molar-refractivity contribution in [1.29, 1.82) is 0 Å². The largest absolute Gasteiger partial charge is 0.340 e. The van der Waals surface area contributed by atoms with Crippen LogP contribution in [0.3, 0.4) is 0 Å². The van der Waals surface area contributed by atoms with Crippen molar-refractivity contribution in [1.82, 2.24) is 20.0 Å². The molecule has 1 N–H and O–H groups in total. The van der Waals surface area contributed by atoms with Crippen LogP contribution in [0.2, 0.25) is 0 Å². The molecule has 1 saturated heterocycles. The maximum atomic E-state index is 12.6. The lowest BCUT2D eigenvalue weighted by molar-refractivity contribution is -0.129. The van der Waals surface area contributed by atoms with E-state index in [1.165, 1.54) is 0 Å². The average molecular weight is 374 g/mol. The van der Waals surface area contributed by atoms with E-state index >= 15 is 0 Å². The summed E-state index contributed by atoms with van der Waals surface area (Å²) >= 11 is 0. The number of aromatic nitrogens is 2. The van der Waals surface area contributed by atoms with Gasteiger partial charge < -0.3 is 10.2 Å². The van der Waals surface area contributed by atoms with Crippen molar-refractivity contribution >= 4 is 11.8 Å². The number of amides is 2. The molecule has 3 aromatic rings. The Balaban J connectivity index is 1.38. The quantitative estimate of drug-likeness (QED) is 0.747. The van der Waals surface area contributed by atoms with Crippen LogP contribution in [0.4, 0.5) is 0 Å². The van der Waals surface area contributed by atoms with Gasteiger partial charge in [0, 0.05) is 30.5 Å². The average Bonchev–Trinajstić information content (AvgIpc) is 3.29. The molecular weight excluding hydrogens is 352 g/mol. The van der Waals surface area contributed by atoms with Gasteiger partial charge in [0.2, 0.25) is 5.91 Å². The molecule has 2 aromatic carbocycles. The molecule has 28 heavy (non-hydrogen) atoms. The third-order valence-electron chi connectivity index (χ3n) is 5.03. The lowest BCUT2D eigenvalue weighted by atomic mass is 10.1. The zero-order valence-corrected chi connectivity index (χ0v) is 15.7. The maximum Gasteiger partial charge on any atom is 0.251 e. The normalized spacial score (nSPS) is 16.4. The van der Waals surface area contributed by atoms with E-state index in [4.69, 9.17) is 0 Å². The Morgan fingerprint density at radius 2 is 1.86 bits per heavy atom. The van der Waals surface area contributed by atoms with E-state index in [1.54, 1.807) is 23.2 Å². The minimum Gasteiger partial charge on any atom is -0.340 e. The summed E-state index contributed by atoms with van der Waals surface area (Å²) in [5.41, 5.74) is 3.53. The third-order valence-corrected chi connectivity index (χ3v) is 5.03. The summed E-state index contributed by atoms with van der Waals surface area (Å²) in [5, 5.41) is 7.14. The van der Waals surface area contributed by atoms with Crippen LogP contribution >= 0.6 is 0 Å². The fraction of sp³-hybridized carbons (Fsp3) is 0.227. The molecule has 2 heterocycles. The number of likely N-dealkylation sites (tertiary alicyclic amines) is 1. The molecule has 1 aromatic heterocycles. The molecule has 4 rings (SSSR count). The molecule has 0 bridgehead atoms. The predicted molar refractivity (Wildman–Crippen MR) is 106 cm³/mol. The highest BCUT2D eigenvalue weighted by Crippen LogP contribution is 2.16. The lowest BCUT2D eigenvalue weighted by Crippen LogP contribution is -2.41. The zero-order valence-electron chi connectivity index (χ0n) is 15.7. The van der Waals surface area contributed by atoms with Gasteiger partial charge >= 0.3 is 0 Å². The molecule has 0 radical (unpaired) electrons. The first-order chi connectivity index (χ1) is 13.6. The molecule has 1 fully saturated rings. The number of hydrogen-bond acceptors (Lipinski definition) is 3. The molecule has 1 atom stereocenters. The van der Waals surface area contributed by atoms with Crippen molar-refractivity contribution in [3.63, 3.8) is 0 Å². The molecule has 0 spiro atoms. The fourth-order valence-corrected chi connectivity index (χ4v) is 3.47. The fourth-order valence-electron chi connectivity index (χ4n) is 3.47. The summed E-state index contributed by atoms with van der Waals surface area (Å²) in [6.07, 6.45) is 2.37. The van der Waals surface area contributed by atoms with Gasteiger partial charge in [0.25, 0.3) is 5.91 Å². The Labute approximate surface area is 163 Å². The maximum absolute atomic E-state index is 12.6. The van der Waals surface area contributed by atoms with Crippen molar-refractivity contribution < 1.29 is 9.59 Å². The Kier molecular flexibility index (Phi) is 4.93. The van der Waals surface area contributed by atoms with Gasteiger partial charge in [-0.1, -0.05) is 30.3 Å². The summed E-state index contributed by atoms with van der Waals surface area (Å²) in [7, 11) is 0. The number of carbonyl (C=O) groups is 2. The highest BCUT2D eigenvalue weighted by molar-refractivity contribution is 5.98. The summed E-state index contributed by atoms with van der Waals surface area (Å²) in [6.45, 7) is 3.20. The van der Waals surface area contributed by atoms with Gasteiger partial charge in [-0.25, -0.2) is 4.68 Å². The van der Waals surface area contributed by atoms with E-state index in [1.807, 2.05) is 60.1 Å². The lowest BCUT2D eigenvalue weighted by Gasteiger charge is -2.17. The molecule has 0 aliphatic carbocycles. The third kappa shape index (κ3) is 3.67. The van der Waals surface area contributed by atoms with Gasteiger partial charge in [-0.3, -0.25) is 9.59 Å². The minimum atomic E-state index is -0.468. The second-order valence-corrected chi connectivity index (χ2v) is 6.99. The van der Waals surface area contributed by atoms with Gasteiger partial charge in [0.1, 0.15) is 6.04 Å². The van der Waals surface area contributed by atoms with E-state index in [0.29, 0.717) is 25.1 Å². The molecular formula is C22H22N4O2. The smallest absolute Gasteiger partial charge is 0.251 e. The van der Waals surface area contributed by atoms with Gasteiger partial charge in [-0.2, -0.15) is 5.10 Å². The standard InChI is InChI=1S/C22H22N4O2/c1-16-11-13-23-26(16)19-9-7-18(8-10-19)21(27)24-20-12-14-25(22(20)28)15-17-5-3-2-4-6-17/h2-11,13,20H,12,14-15H2,1H3,(H,24,27)/t20-/m1/s1. The molecule has 142 valence electrons. The van der Waals surface area contributed by atoms with Gasteiger partial charge in [0.05, 0.1) is 5.69 Å². The van der Waals surface area contributed by atoms with E-state index in [0.717, 1.165) is 16.9 Å². The summed E-state index contributed by atoms with van der Waals surface area (Å²) in [6, 6.07) is 18.6. The van der Waals surface area contributed by atoms with E-state index in [-0.39, 0.29) is 11.8 Å². The number of nitrogens with one attached hydrogen (secondary N) is 1. The topological polar surface area (TPSA) is 67.2 Å². The number of rotatable bonds is 5. The summed E-state index contributed by atoms with van der Waals surface area (Å²) < 4.78 is 1.81. The summed E-state index contributed by atoms with van der Waals surface area (Å²) in [4.78, 5) is 27.0. The number of nitrogens with zero attached hydrogens (tertiary/aromatic N) is 3. The van der Waals surface area contributed by atoms with Crippen LogP contribution in [0.25, 0.3) is 5.69 Å². The highest BCUT2D eigenvalue weighted by Gasteiger charge is 2.32. The first-order valence-electron chi connectivity index (χ1n) is 9.36. The van der Waals surface area contributed by atoms with Crippen LogP contribution in [0, 0.1) is 6.92 Å². The van der Waals surface area contributed by atoms with Gasteiger partial charge in [-0.15, -0.1) is 0 Å². The molecule has 1 aliphatic rings. The molecule has 1 aliphatic heterocycles. The number of hydrogen-bond donors (Lipinski definition) is 1. The zero-order chi connectivity index (χ0) is 19.5. The van der Waals surface area contributed by atoms with E-state index in [2.05, 4.69) is 10.4 Å². The van der Waals surface area contributed by atoms with Crippen LogP contribution in [-0.4, -0.2) is 39.1 Å². The van der Waals surface area contributed by atoms with Crippen LogP contribution < -0.4 is 5.32 Å². The van der Waals surface area contributed by atoms with E-state index in [9.17, 15) is 9.59 Å². The second-order valence-electron chi connectivity index (χ2n) is 6.99. The Bertz CT molecular complexity index is 979. The number of aryl methyl sites for hydroxylation is 1. The highest BCUT2D eigenvalue weighted by atomic mass is 16.2. The Morgan fingerprint density at radius 1 is 1.11 bits per heavy atom. The van der Waals surface area contributed by atoms with Gasteiger partial charge in [-0.05, 0) is 49.2 Å². The Hall–Kier alpha value is -3.41. The van der Waals surface area contributed by atoms with E-state index < -0.39 is 6.04 Å². The number of benzene rings is 2. The van der Waals surface area contributed by atoms with Crippen molar-refractivity contribution in [2.24, 2.45) is 0 Å². The van der Waals surface area contributed by atoms with Crippen molar-refractivity contribution in [3.05, 3.63) is 83.7 Å². The van der Waals surface area contributed by atoms with Crippen LogP contribution in [0.15, 0.2) is 66.9 Å². The first kappa shape index (κ1) is 18.0. The SMILES string of the molecule is Cc1ccnn1-c1ccc(C(=O)N[C@@H]2CCN(Cc3ccccc3)C2=O)cc1. The van der Waals surface area contributed by atoms with Gasteiger partial charge in [0.15, 0.2) is 0 Å². The van der Waals surface area contributed by atoms with Crippen molar-refractivity contribution in [3.8, 4) is 5.69 Å². The predicted octanol–water partition coefficient (Wildman–Crippen LogP) is 2.71.